The van der Waals surface area contributed by atoms with Gasteiger partial charge in [-0.3, -0.25) is 4.90 Å². The fourth-order valence-electron chi connectivity index (χ4n) is 3.66. The van der Waals surface area contributed by atoms with Crippen molar-refractivity contribution in [1.82, 2.24) is 4.90 Å². The van der Waals surface area contributed by atoms with Crippen LogP contribution in [0, 0.1) is 11.3 Å². The van der Waals surface area contributed by atoms with Crippen LogP contribution < -0.4 is 9.64 Å². The van der Waals surface area contributed by atoms with Crippen LogP contribution in [0.15, 0.2) is 72.8 Å². The van der Waals surface area contributed by atoms with E-state index in [1.54, 1.807) is 0 Å². The van der Waals surface area contributed by atoms with Crippen molar-refractivity contribution < 1.29 is 9.84 Å². The lowest BCUT2D eigenvalue weighted by atomic mass is 10.1. The summed E-state index contributed by atoms with van der Waals surface area (Å²) in [6.45, 7) is 5.14. The predicted octanol–water partition coefficient (Wildman–Crippen LogP) is 5.29. The minimum Gasteiger partial charge on any atom is -0.491 e. The molecule has 1 heterocycles. The van der Waals surface area contributed by atoms with Crippen molar-refractivity contribution in [2.75, 3.05) is 50.8 Å². The predicted molar refractivity (Wildman–Crippen MR) is 139 cm³/mol. The second kappa shape index (κ2) is 13.8. The second-order valence-electron chi connectivity index (χ2n) is 7.87. The highest BCUT2D eigenvalue weighted by Crippen LogP contribution is 2.30. The first-order valence-electron chi connectivity index (χ1n) is 11.3. The lowest BCUT2D eigenvalue weighted by molar-refractivity contribution is 0.201. The maximum absolute atomic E-state index is 8.86. The molecule has 1 aliphatic rings. The fraction of sp³-hybridized carbons (Fsp3) is 0.296. The van der Waals surface area contributed by atoms with Crippen LogP contribution in [0.5, 0.6) is 5.75 Å². The van der Waals surface area contributed by atoms with E-state index in [1.165, 1.54) is 5.56 Å². The molecule has 3 aromatic rings. The summed E-state index contributed by atoms with van der Waals surface area (Å²) in [7, 11) is 0. The summed E-state index contributed by atoms with van der Waals surface area (Å²) in [6.07, 6.45) is 0.989. The maximum atomic E-state index is 8.86. The van der Waals surface area contributed by atoms with E-state index in [9.17, 15) is 0 Å². The van der Waals surface area contributed by atoms with Crippen LogP contribution in [0.4, 0.5) is 5.69 Å². The molecule has 0 aliphatic carbocycles. The average Bonchev–Trinajstić information content (AvgIpc) is 2.88. The zero-order valence-corrected chi connectivity index (χ0v) is 20.5. The lowest BCUT2D eigenvalue weighted by Crippen LogP contribution is -2.47. The van der Waals surface area contributed by atoms with Gasteiger partial charge in [0.1, 0.15) is 12.4 Å². The van der Waals surface area contributed by atoms with Crippen LogP contribution in [0.2, 0.25) is 10.0 Å². The zero-order valence-electron chi connectivity index (χ0n) is 19.0. The normalized spacial score (nSPS) is 13.5. The van der Waals surface area contributed by atoms with Gasteiger partial charge >= 0.3 is 0 Å². The van der Waals surface area contributed by atoms with E-state index < -0.39 is 0 Å². The Balaban J connectivity index is 0.000000396. The number of nitrogens with zero attached hydrogens (tertiary/aromatic N) is 3. The summed E-state index contributed by atoms with van der Waals surface area (Å²) in [5.41, 5.74) is 3.00. The number of anilines is 1. The van der Waals surface area contributed by atoms with Crippen molar-refractivity contribution in [3.8, 4) is 11.8 Å². The Morgan fingerprint density at radius 2 is 1.62 bits per heavy atom. The van der Waals surface area contributed by atoms with Gasteiger partial charge in [0.25, 0.3) is 0 Å². The fourth-order valence-corrected chi connectivity index (χ4v) is 4.09. The van der Waals surface area contributed by atoms with Gasteiger partial charge in [-0.15, -0.1) is 0 Å². The molecule has 0 amide bonds. The first-order chi connectivity index (χ1) is 16.6. The van der Waals surface area contributed by atoms with E-state index in [2.05, 4.69) is 15.9 Å². The largest absolute Gasteiger partial charge is 0.491 e. The summed E-state index contributed by atoms with van der Waals surface area (Å²) >= 11 is 12.0. The van der Waals surface area contributed by atoms with Crippen molar-refractivity contribution in [2.24, 2.45) is 0 Å². The number of ether oxygens (including phenoxy) is 1. The van der Waals surface area contributed by atoms with E-state index in [4.69, 9.17) is 38.3 Å². The third kappa shape index (κ3) is 8.23. The van der Waals surface area contributed by atoms with Crippen molar-refractivity contribution in [2.45, 2.75) is 6.42 Å². The quantitative estimate of drug-likeness (QED) is 0.480. The van der Waals surface area contributed by atoms with E-state index >= 15 is 0 Å². The minimum atomic E-state index is -0.0101. The van der Waals surface area contributed by atoms with Crippen LogP contribution in [0.1, 0.15) is 11.1 Å². The number of aliphatic hydroxyl groups is 1. The molecule has 1 N–H and O–H groups in total. The van der Waals surface area contributed by atoms with Crippen LogP contribution >= 0.6 is 23.2 Å². The number of halogens is 2. The average molecular weight is 498 g/mol. The number of hydrogen-bond donors (Lipinski definition) is 1. The van der Waals surface area contributed by atoms with Gasteiger partial charge in [-0.2, -0.15) is 5.26 Å². The van der Waals surface area contributed by atoms with Gasteiger partial charge in [0, 0.05) is 43.8 Å². The van der Waals surface area contributed by atoms with E-state index in [0.29, 0.717) is 16.3 Å². The summed E-state index contributed by atoms with van der Waals surface area (Å²) < 4.78 is 5.40. The molecule has 5 nitrogen and oxygen atoms in total. The molecule has 1 saturated heterocycles. The Kier molecular flexibility index (Phi) is 10.5. The first-order valence-corrected chi connectivity index (χ1v) is 12.0. The molecule has 1 fully saturated rings. The summed E-state index contributed by atoms with van der Waals surface area (Å²) in [5, 5.41) is 19.2. The molecule has 0 saturated carbocycles. The molecule has 0 spiro atoms. The molecule has 1 aliphatic heterocycles. The third-order valence-corrected chi connectivity index (χ3v) is 6.08. The Hall–Kier alpha value is -2.75. The Labute approximate surface area is 211 Å². The monoisotopic (exact) mass is 497 g/mol. The van der Waals surface area contributed by atoms with E-state index in [1.807, 2.05) is 72.8 Å². The molecule has 0 aromatic heterocycles. The first kappa shape index (κ1) is 25.9. The number of rotatable bonds is 7. The summed E-state index contributed by atoms with van der Waals surface area (Å²) in [5.74, 6) is 0.679. The molecule has 0 bridgehead atoms. The van der Waals surface area contributed by atoms with Crippen LogP contribution in [0.25, 0.3) is 0 Å². The highest BCUT2D eigenvalue weighted by atomic mass is 35.5. The number of nitriles is 1. The van der Waals surface area contributed by atoms with Gasteiger partial charge in [-0.1, -0.05) is 53.5 Å². The number of aliphatic hydroxyl groups excluding tert-OH is 1. The third-order valence-electron chi connectivity index (χ3n) is 5.52. The Morgan fingerprint density at radius 3 is 2.18 bits per heavy atom. The molecule has 0 atom stereocenters. The van der Waals surface area contributed by atoms with Gasteiger partial charge in [0.15, 0.2) is 0 Å². The zero-order chi connectivity index (χ0) is 24.2. The topological polar surface area (TPSA) is 59.7 Å². The van der Waals surface area contributed by atoms with Crippen LogP contribution in [0.3, 0.4) is 0 Å². The number of piperazine rings is 1. The summed E-state index contributed by atoms with van der Waals surface area (Å²) in [4.78, 5) is 4.76. The highest BCUT2D eigenvalue weighted by Gasteiger charge is 2.19. The van der Waals surface area contributed by atoms with E-state index in [0.717, 1.165) is 49.9 Å². The summed E-state index contributed by atoms with van der Waals surface area (Å²) in [6, 6.07) is 25.1. The van der Waals surface area contributed by atoms with Crippen LogP contribution in [-0.2, 0) is 6.42 Å². The number of benzene rings is 3. The molecular weight excluding hydrogens is 469 g/mol. The molecular formula is C27H29Cl2N3O2. The smallest absolute Gasteiger partial charge is 0.121 e. The second-order valence-corrected chi connectivity index (χ2v) is 8.71. The number of hydrogen-bond acceptors (Lipinski definition) is 5. The van der Waals surface area contributed by atoms with Gasteiger partial charge < -0.3 is 14.7 Å². The van der Waals surface area contributed by atoms with Crippen molar-refractivity contribution in [1.29, 1.82) is 5.26 Å². The van der Waals surface area contributed by atoms with Crippen molar-refractivity contribution >= 4 is 28.9 Å². The SMILES string of the molecule is Clc1ccccc1.N#Cc1ccc(CCN2CCN(c3ccc(OCCO)cc3Cl)CC2)cc1. The molecule has 4 rings (SSSR count). The minimum absolute atomic E-state index is 0.0101. The van der Waals surface area contributed by atoms with Gasteiger partial charge in [0.05, 0.1) is 28.9 Å². The molecule has 7 heteroatoms. The van der Waals surface area contributed by atoms with Crippen molar-refractivity contribution in [3.05, 3.63) is 94.0 Å². The lowest BCUT2D eigenvalue weighted by Gasteiger charge is -2.36. The maximum Gasteiger partial charge on any atom is 0.121 e. The highest BCUT2D eigenvalue weighted by molar-refractivity contribution is 6.33. The van der Waals surface area contributed by atoms with E-state index in [-0.39, 0.29) is 13.2 Å². The molecule has 178 valence electrons. The molecule has 3 aromatic carbocycles. The van der Waals surface area contributed by atoms with Crippen molar-refractivity contribution in [3.63, 3.8) is 0 Å². The molecule has 0 radical (unpaired) electrons. The Bertz CT molecular complexity index is 1050. The standard InChI is InChI=1S/C21H24ClN3O2.C6H5Cl/c22-20-15-19(27-14-13-26)5-6-21(20)25-11-9-24(10-12-25)8-7-17-1-3-18(16-23)4-2-17;7-6-4-2-1-3-5-6/h1-6,15,26H,7-14H2;1-5H. The van der Waals surface area contributed by atoms with Gasteiger partial charge in [-0.25, -0.2) is 0 Å². The van der Waals surface area contributed by atoms with Crippen LogP contribution in [-0.4, -0.2) is 55.9 Å². The van der Waals surface area contributed by atoms with Gasteiger partial charge in [-0.05, 0) is 48.4 Å². The Morgan fingerprint density at radius 1 is 0.912 bits per heavy atom. The molecule has 34 heavy (non-hydrogen) atoms. The molecule has 0 unspecified atom stereocenters. The van der Waals surface area contributed by atoms with Gasteiger partial charge in [0.2, 0.25) is 0 Å².